The first-order valence-corrected chi connectivity index (χ1v) is 5.56. The zero-order valence-corrected chi connectivity index (χ0v) is 10.2. The molecule has 0 saturated heterocycles. The van der Waals surface area contributed by atoms with Crippen molar-refractivity contribution in [3.63, 3.8) is 0 Å². The van der Waals surface area contributed by atoms with Gasteiger partial charge in [-0.3, -0.25) is 9.48 Å². The van der Waals surface area contributed by atoms with Crippen molar-refractivity contribution in [2.75, 3.05) is 20.1 Å². The molecule has 0 aliphatic heterocycles. The number of nitrogens with zero attached hydrogens (tertiary/aromatic N) is 2. The molecule has 0 radical (unpaired) electrons. The van der Waals surface area contributed by atoms with Crippen molar-refractivity contribution in [3.05, 3.63) is 17.5 Å². The van der Waals surface area contributed by atoms with Gasteiger partial charge < -0.3 is 10.6 Å². The number of carbonyl (C=O) groups is 1. The van der Waals surface area contributed by atoms with E-state index in [0.29, 0.717) is 6.54 Å². The lowest BCUT2D eigenvalue weighted by Crippen LogP contribution is -2.32. The molecule has 0 aliphatic carbocycles. The molecule has 0 aromatic carbocycles. The minimum atomic E-state index is 0.0196. The molecule has 0 atom stereocenters. The second-order valence-electron chi connectivity index (χ2n) is 3.85. The fraction of sp³-hybridized carbons (Fsp3) is 0.636. The third-order valence-corrected chi connectivity index (χ3v) is 2.39. The maximum absolute atomic E-state index is 10.9. The molecule has 5 nitrogen and oxygen atoms in total. The summed E-state index contributed by atoms with van der Waals surface area (Å²) in [5.74, 6) is 0.0196. The zero-order valence-electron chi connectivity index (χ0n) is 10.2. The van der Waals surface area contributed by atoms with E-state index in [4.69, 9.17) is 0 Å². The van der Waals surface area contributed by atoms with Crippen molar-refractivity contribution in [3.8, 4) is 0 Å². The SMILES string of the molecule is CNC(=O)CNCCCn1nc(C)cc1C. The molecule has 0 unspecified atom stereocenters. The quantitative estimate of drug-likeness (QED) is 0.680. The lowest BCUT2D eigenvalue weighted by Gasteiger charge is -2.05. The molecule has 0 aliphatic rings. The lowest BCUT2D eigenvalue weighted by molar-refractivity contribution is -0.119. The monoisotopic (exact) mass is 224 g/mol. The highest BCUT2D eigenvalue weighted by Gasteiger charge is 2.00. The van der Waals surface area contributed by atoms with E-state index in [9.17, 15) is 4.79 Å². The van der Waals surface area contributed by atoms with E-state index >= 15 is 0 Å². The Morgan fingerprint density at radius 3 is 2.81 bits per heavy atom. The second kappa shape index (κ2) is 6.27. The van der Waals surface area contributed by atoms with Crippen LogP contribution in [0.4, 0.5) is 0 Å². The van der Waals surface area contributed by atoms with Crippen molar-refractivity contribution >= 4 is 5.91 Å². The summed E-state index contributed by atoms with van der Waals surface area (Å²) in [6.45, 7) is 6.14. The Morgan fingerprint density at radius 2 is 2.25 bits per heavy atom. The van der Waals surface area contributed by atoms with E-state index in [1.54, 1.807) is 7.05 Å². The molecule has 5 heteroatoms. The molecule has 1 aromatic heterocycles. The van der Waals surface area contributed by atoms with Crippen LogP contribution in [0.5, 0.6) is 0 Å². The molecule has 1 amide bonds. The topological polar surface area (TPSA) is 59.0 Å². The molecule has 0 fully saturated rings. The highest BCUT2D eigenvalue weighted by molar-refractivity contribution is 5.77. The molecule has 0 spiro atoms. The largest absolute Gasteiger partial charge is 0.358 e. The first kappa shape index (κ1) is 12.7. The highest BCUT2D eigenvalue weighted by Crippen LogP contribution is 2.01. The van der Waals surface area contributed by atoms with Crippen LogP contribution in [-0.4, -0.2) is 35.8 Å². The van der Waals surface area contributed by atoms with Crippen LogP contribution in [0.1, 0.15) is 17.8 Å². The second-order valence-corrected chi connectivity index (χ2v) is 3.85. The maximum atomic E-state index is 10.9. The van der Waals surface area contributed by atoms with Crippen LogP contribution in [0, 0.1) is 13.8 Å². The van der Waals surface area contributed by atoms with Crippen LogP contribution in [0.3, 0.4) is 0 Å². The fourth-order valence-corrected chi connectivity index (χ4v) is 1.55. The number of rotatable bonds is 6. The molecular formula is C11H20N4O. The lowest BCUT2D eigenvalue weighted by atomic mass is 10.4. The number of hydrogen-bond donors (Lipinski definition) is 2. The number of nitrogens with one attached hydrogen (secondary N) is 2. The number of aryl methyl sites for hydroxylation is 3. The first-order chi connectivity index (χ1) is 7.63. The summed E-state index contributed by atoms with van der Waals surface area (Å²) in [7, 11) is 1.64. The van der Waals surface area contributed by atoms with Crippen molar-refractivity contribution in [2.24, 2.45) is 0 Å². The third kappa shape index (κ3) is 4.02. The van der Waals surface area contributed by atoms with Gasteiger partial charge in [0, 0.05) is 19.3 Å². The van der Waals surface area contributed by atoms with E-state index in [1.807, 2.05) is 11.6 Å². The minimum Gasteiger partial charge on any atom is -0.358 e. The van der Waals surface area contributed by atoms with Crippen LogP contribution >= 0.6 is 0 Å². The summed E-state index contributed by atoms with van der Waals surface area (Å²) in [6, 6.07) is 2.07. The van der Waals surface area contributed by atoms with Gasteiger partial charge in [-0.15, -0.1) is 0 Å². The molecule has 0 bridgehead atoms. The standard InChI is InChI=1S/C11H20N4O/c1-9-7-10(2)15(14-9)6-4-5-13-8-11(16)12-3/h7,13H,4-6,8H2,1-3H3,(H,12,16). The number of amides is 1. The Kier molecular flexibility index (Phi) is 4.98. The van der Waals surface area contributed by atoms with Gasteiger partial charge in [0.2, 0.25) is 5.91 Å². The van der Waals surface area contributed by atoms with Gasteiger partial charge >= 0.3 is 0 Å². The number of hydrogen-bond acceptors (Lipinski definition) is 3. The summed E-state index contributed by atoms with van der Waals surface area (Å²) >= 11 is 0. The first-order valence-electron chi connectivity index (χ1n) is 5.56. The summed E-state index contributed by atoms with van der Waals surface area (Å²) in [4.78, 5) is 10.9. The number of carbonyl (C=O) groups excluding carboxylic acids is 1. The Balaban J connectivity index is 2.16. The summed E-state index contributed by atoms with van der Waals surface area (Å²) < 4.78 is 2.00. The van der Waals surface area contributed by atoms with Crippen molar-refractivity contribution in [1.82, 2.24) is 20.4 Å². The maximum Gasteiger partial charge on any atom is 0.233 e. The van der Waals surface area contributed by atoms with Gasteiger partial charge in [-0.05, 0) is 32.9 Å². The van der Waals surface area contributed by atoms with E-state index < -0.39 is 0 Å². The number of likely N-dealkylation sites (N-methyl/N-ethyl adjacent to an activating group) is 1. The van der Waals surface area contributed by atoms with Crippen molar-refractivity contribution in [2.45, 2.75) is 26.8 Å². The molecule has 1 rings (SSSR count). The summed E-state index contributed by atoms with van der Waals surface area (Å²) in [5, 5.41) is 10.0. The average Bonchev–Trinajstić information content (AvgIpc) is 2.56. The predicted molar refractivity (Wildman–Crippen MR) is 63.3 cm³/mol. The predicted octanol–water partition coefficient (Wildman–Crippen LogP) is 0.226. The molecule has 1 heterocycles. The Labute approximate surface area is 96.2 Å². The van der Waals surface area contributed by atoms with Crippen molar-refractivity contribution < 1.29 is 4.79 Å². The fourth-order valence-electron chi connectivity index (χ4n) is 1.55. The van der Waals surface area contributed by atoms with Gasteiger partial charge in [0.25, 0.3) is 0 Å². The van der Waals surface area contributed by atoms with Gasteiger partial charge in [-0.1, -0.05) is 0 Å². The molecular weight excluding hydrogens is 204 g/mol. The molecule has 0 saturated carbocycles. The molecule has 90 valence electrons. The average molecular weight is 224 g/mol. The van der Waals surface area contributed by atoms with Gasteiger partial charge in [0.1, 0.15) is 0 Å². The molecule has 1 aromatic rings. The van der Waals surface area contributed by atoms with Crippen LogP contribution in [0.15, 0.2) is 6.07 Å². The Morgan fingerprint density at radius 1 is 1.50 bits per heavy atom. The van der Waals surface area contributed by atoms with Gasteiger partial charge in [-0.2, -0.15) is 5.10 Å². The van der Waals surface area contributed by atoms with Crippen molar-refractivity contribution in [1.29, 1.82) is 0 Å². The van der Waals surface area contributed by atoms with E-state index in [2.05, 4.69) is 28.7 Å². The Bertz CT molecular complexity index is 346. The van der Waals surface area contributed by atoms with E-state index in [1.165, 1.54) is 5.69 Å². The van der Waals surface area contributed by atoms with Crippen LogP contribution in [-0.2, 0) is 11.3 Å². The highest BCUT2D eigenvalue weighted by atomic mass is 16.1. The zero-order chi connectivity index (χ0) is 12.0. The normalized spacial score (nSPS) is 10.4. The number of aromatic nitrogens is 2. The van der Waals surface area contributed by atoms with Crippen LogP contribution in [0.25, 0.3) is 0 Å². The smallest absolute Gasteiger partial charge is 0.233 e. The Hall–Kier alpha value is -1.36. The molecule has 16 heavy (non-hydrogen) atoms. The third-order valence-electron chi connectivity index (χ3n) is 2.39. The molecule has 2 N–H and O–H groups in total. The van der Waals surface area contributed by atoms with Gasteiger partial charge in [0.05, 0.1) is 12.2 Å². The minimum absolute atomic E-state index is 0.0196. The summed E-state index contributed by atoms with van der Waals surface area (Å²) in [5.41, 5.74) is 2.24. The van der Waals surface area contributed by atoms with E-state index in [0.717, 1.165) is 25.2 Å². The summed E-state index contributed by atoms with van der Waals surface area (Å²) in [6.07, 6.45) is 0.971. The van der Waals surface area contributed by atoms with E-state index in [-0.39, 0.29) is 5.91 Å². The van der Waals surface area contributed by atoms with Crippen LogP contribution in [0.2, 0.25) is 0 Å². The van der Waals surface area contributed by atoms with Gasteiger partial charge in [0.15, 0.2) is 0 Å². The van der Waals surface area contributed by atoms with Crippen LogP contribution < -0.4 is 10.6 Å². The van der Waals surface area contributed by atoms with Gasteiger partial charge in [-0.25, -0.2) is 0 Å².